The van der Waals surface area contributed by atoms with Gasteiger partial charge in [-0.15, -0.1) is 0 Å². The van der Waals surface area contributed by atoms with E-state index in [4.69, 9.17) is 4.42 Å². The number of anilines is 1. The summed E-state index contributed by atoms with van der Waals surface area (Å²) in [6.07, 6.45) is 1.64. The number of rotatable bonds is 4. The third-order valence-electron chi connectivity index (χ3n) is 3.11. The lowest BCUT2D eigenvalue weighted by Gasteiger charge is -2.07. The van der Waals surface area contributed by atoms with Crippen molar-refractivity contribution in [1.29, 1.82) is 0 Å². The number of nitrogens with zero attached hydrogens (tertiary/aromatic N) is 1. The topological polar surface area (TPSA) is 53.9 Å². The number of furan rings is 1. The van der Waals surface area contributed by atoms with Crippen molar-refractivity contribution in [3.63, 3.8) is 0 Å². The van der Waals surface area contributed by atoms with Crippen LogP contribution in [0.15, 0.2) is 40.9 Å². The molecule has 0 spiro atoms. The van der Waals surface area contributed by atoms with Crippen molar-refractivity contribution in [2.24, 2.45) is 0 Å². The standard InChI is InChI=1S/C15H13F2N3O/c1-9-2-5-14(21-9)15-10(8-19-20-15)7-18-13-4-3-11(16)6-12(13)17/h2-6,8,18H,7H2,1H3,(H,19,20). The molecule has 2 N–H and O–H groups in total. The van der Waals surface area contributed by atoms with Gasteiger partial charge in [0.15, 0.2) is 5.76 Å². The van der Waals surface area contributed by atoms with Crippen molar-refractivity contribution < 1.29 is 13.2 Å². The maximum atomic E-state index is 13.6. The fourth-order valence-corrected chi connectivity index (χ4v) is 2.05. The Morgan fingerprint density at radius 3 is 2.81 bits per heavy atom. The Morgan fingerprint density at radius 1 is 1.24 bits per heavy atom. The van der Waals surface area contributed by atoms with Gasteiger partial charge in [-0.05, 0) is 31.2 Å². The first-order valence-electron chi connectivity index (χ1n) is 6.41. The molecule has 0 amide bonds. The van der Waals surface area contributed by atoms with Crippen LogP contribution in [0.2, 0.25) is 0 Å². The number of aromatic nitrogens is 2. The van der Waals surface area contributed by atoms with Crippen LogP contribution in [0.3, 0.4) is 0 Å². The average Bonchev–Trinajstić information content (AvgIpc) is 3.06. The summed E-state index contributed by atoms with van der Waals surface area (Å²) in [7, 11) is 0. The van der Waals surface area contributed by atoms with Gasteiger partial charge >= 0.3 is 0 Å². The Balaban J connectivity index is 1.79. The van der Waals surface area contributed by atoms with Crippen molar-refractivity contribution in [3.05, 3.63) is 59.5 Å². The molecule has 3 aromatic rings. The first-order valence-corrected chi connectivity index (χ1v) is 6.41. The van der Waals surface area contributed by atoms with E-state index in [9.17, 15) is 8.78 Å². The van der Waals surface area contributed by atoms with Crippen molar-refractivity contribution in [2.75, 3.05) is 5.32 Å². The van der Waals surface area contributed by atoms with Crippen LogP contribution in [0.5, 0.6) is 0 Å². The Bertz CT molecular complexity index is 764. The summed E-state index contributed by atoms with van der Waals surface area (Å²) in [6.45, 7) is 2.19. The predicted octanol–water partition coefficient (Wildman–Crippen LogP) is 3.87. The van der Waals surface area contributed by atoms with Crippen molar-refractivity contribution in [2.45, 2.75) is 13.5 Å². The quantitative estimate of drug-likeness (QED) is 0.766. The molecule has 4 nitrogen and oxygen atoms in total. The molecule has 0 atom stereocenters. The minimum atomic E-state index is -0.631. The Hall–Kier alpha value is -2.63. The zero-order valence-electron chi connectivity index (χ0n) is 11.3. The van der Waals surface area contributed by atoms with E-state index in [2.05, 4.69) is 15.5 Å². The summed E-state index contributed by atoms with van der Waals surface area (Å²) in [5.41, 5.74) is 1.80. The molecule has 0 aliphatic rings. The van der Waals surface area contributed by atoms with Crippen molar-refractivity contribution in [3.8, 4) is 11.5 Å². The highest BCUT2D eigenvalue weighted by Crippen LogP contribution is 2.24. The van der Waals surface area contributed by atoms with E-state index in [1.54, 1.807) is 6.20 Å². The van der Waals surface area contributed by atoms with Gasteiger partial charge in [0.25, 0.3) is 0 Å². The van der Waals surface area contributed by atoms with Gasteiger partial charge in [0.05, 0.1) is 11.9 Å². The van der Waals surface area contributed by atoms with Crippen LogP contribution in [0, 0.1) is 18.6 Å². The van der Waals surface area contributed by atoms with Gasteiger partial charge in [-0.2, -0.15) is 5.10 Å². The molecular formula is C15H13F2N3O. The summed E-state index contributed by atoms with van der Waals surface area (Å²) < 4.78 is 32.0. The third-order valence-corrected chi connectivity index (χ3v) is 3.11. The van der Waals surface area contributed by atoms with Crippen LogP contribution < -0.4 is 5.32 Å². The second-order valence-electron chi connectivity index (χ2n) is 4.66. The highest BCUT2D eigenvalue weighted by molar-refractivity contribution is 5.58. The van der Waals surface area contributed by atoms with Crippen molar-refractivity contribution in [1.82, 2.24) is 10.2 Å². The van der Waals surface area contributed by atoms with E-state index < -0.39 is 11.6 Å². The lowest BCUT2D eigenvalue weighted by molar-refractivity contribution is 0.545. The fraction of sp³-hybridized carbons (Fsp3) is 0.133. The normalized spacial score (nSPS) is 10.8. The number of hydrogen-bond donors (Lipinski definition) is 2. The summed E-state index contributed by atoms with van der Waals surface area (Å²) in [6, 6.07) is 7.10. The van der Waals surface area contributed by atoms with Gasteiger partial charge in [-0.1, -0.05) is 0 Å². The molecule has 2 heterocycles. The first-order chi connectivity index (χ1) is 10.1. The molecule has 0 aliphatic heterocycles. The van der Waals surface area contributed by atoms with Crippen LogP contribution in [0.25, 0.3) is 11.5 Å². The number of aryl methyl sites for hydroxylation is 1. The summed E-state index contributed by atoms with van der Waals surface area (Å²) in [4.78, 5) is 0. The number of benzene rings is 1. The van der Waals surface area contributed by atoms with Crippen LogP contribution in [-0.2, 0) is 6.54 Å². The molecule has 2 aromatic heterocycles. The SMILES string of the molecule is Cc1ccc(-c2[nH]ncc2CNc2ccc(F)cc2F)o1. The molecule has 0 bridgehead atoms. The second kappa shape index (κ2) is 5.40. The summed E-state index contributed by atoms with van der Waals surface area (Å²) >= 11 is 0. The minimum absolute atomic E-state index is 0.235. The van der Waals surface area contributed by atoms with E-state index in [0.29, 0.717) is 12.3 Å². The Morgan fingerprint density at radius 2 is 2.10 bits per heavy atom. The number of halogens is 2. The highest BCUT2D eigenvalue weighted by atomic mass is 19.1. The van der Waals surface area contributed by atoms with Gasteiger partial charge in [0.1, 0.15) is 23.1 Å². The molecule has 0 fully saturated rings. The molecule has 0 saturated heterocycles. The smallest absolute Gasteiger partial charge is 0.152 e. The third kappa shape index (κ3) is 2.79. The highest BCUT2D eigenvalue weighted by Gasteiger charge is 2.12. The van der Waals surface area contributed by atoms with Gasteiger partial charge in [0, 0.05) is 18.2 Å². The van der Waals surface area contributed by atoms with Crippen LogP contribution >= 0.6 is 0 Å². The van der Waals surface area contributed by atoms with E-state index in [-0.39, 0.29) is 5.69 Å². The van der Waals surface area contributed by atoms with Gasteiger partial charge in [-0.25, -0.2) is 8.78 Å². The van der Waals surface area contributed by atoms with E-state index in [1.807, 2.05) is 19.1 Å². The van der Waals surface area contributed by atoms with E-state index >= 15 is 0 Å². The lowest BCUT2D eigenvalue weighted by atomic mass is 10.2. The van der Waals surface area contributed by atoms with Crippen LogP contribution in [-0.4, -0.2) is 10.2 Å². The molecule has 21 heavy (non-hydrogen) atoms. The fourth-order valence-electron chi connectivity index (χ4n) is 2.05. The monoisotopic (exact) mass is 289 g/mol. The first kappa shape index (κ1) is 13.4. The predicted molar refractivity (Wildman–Crippen MR) is 74.7 cm³/mol. The minimum Gasteiger partial charge on any atom is -0.460 e. The molecule has 0 aliphatic carbocycles. The average molecular weight is 289 g/mol. The zero-order valence-corrected chi connectivity index (χ0v) is 11.3. The van der Waals surface area contributed by atoms with Gasteiger partial charge in [0.2, 0.25) is 0 Å². The van der Waals surface area contributed by atoms with E-state index in [0.717, 1.165) is 23.1 Å². The number of nitrogens with one attached hydrogen (secondary N) is 2. The van der Waals surface area contributed by atoms with Gasteiger partial charge in [-0.3, -0.25) is 5.10 Å². The second-order valence-corrected chi connectivity index (χ2v) is 4.66. The number of aromatic amines is 1. The molecule has 0 radical (unpaired) electrons. The van der Waals surface area contributed by atoms with Crippen LogP contribution in [0.1, 0.15) is 11.3 Å². The Kier molecular flexibility index (Phi) is 3.43. The summed E-state index contributed by atoms with van der Waals surface area (Å²) in [5.74, 6) is 0.228. The maximum absolute atomic E-state index is 13.6. The molecule has 6 heteroatoms. The summed E-state index contributed by atoms with van der Waals surface area (Å²) in [5, 5.41) is 9.75. The largest absolute Gasteiger partial charge is 0.460 e. The van der Waals surface area contributed by atoms with Crippen molar-refractivity contribution >= 4 is 5.69 Å². The maximum Gasteiger partial charge on any atom is 0.152 e. The van der Waals surface area contributed by atoms with E-state index in [1.165, 1.54) is 12.1 Å². The molecule has 3 rings (SSSR count). The van der Waals surface area contributed by atoms with Gasteiger partial charge < -0.3 is 9.73 Å². The Labute approximate surface area is 119 Å². The van der Waals surface area contributed by atoms with Crippen LogP contribution in [0.4, 0.5) is 14.5 Å². The zero-order chi connectivity index (χ0) is 14.8. The number of H-pyrrole nitrogens is 1. The number of hydrogen-bond acceptors (Lipinski definition) is 3. The molecule has 0 unspecified atom stereocenters. The lowest BCUT2D eigenvalue weighted by Crippen LogP contribution is -2.02. The molecular weight excluding hydrogens is 276 g/mol. The molecule has 108 valence electrons. The molecule has 0 saturated carbocycles. The molecule has 1 aromatic carbocycles.